The minimum atomic E-state index is 0.560. The van der Waals surface area contributed by atoms with E-state index in [4.69, 9.17) is 0 Å². The third-order valence-corrected chi connectivity index (χ3v) is 1.83. The van der Waals surface area contributed by atoms with Crippen molar-refractivity contribution >= 4 is 15.9 Å². The van der Waals surface area contributed by atoms with E-state index in [2.05, 4.69) is 40.8 Å². The average molecular weight is 200 g/mol. The largest absolute Gasteiger partial charge is 0.263 e. The Morgan fingerprint density at radius 2 is 2.10 bits per heavy atom. The summed E-state index contributed by atoms with van der Waals surface area (Å²) in [6, 6.07) is 2.09. The molecule has 10 heavy (non-hydrogen) atoms. The highest BCUT2D eigenvalue weighted by Gasteiger charge is 1.97. The van der Waals surface area contributed by atoms with Gasteiger partial charge in [-0.1, -0.05) is 13.8 Å². The molecular weight excluding hydrogens is 190 g/mol. The van der Waals surface area contributed by atoms with Gasteiger partial charge in [-0.3, -0.25) is 4.98 Å². The van der Waals surface area contributed by atoms with Gasteiger partial charge in [0.05, 0.1) is 0 Å². The molecule has 1 nitrogen and oxygen atoms in total. The van der Waals surface area contributed by atoms with E-state index >= 15 is 0 Å². The molecule has 0 aliphatic heterocycles. The molecular formula is C8H10BrN. The van der Waals surface area contributed by atoms with Crippen LogP contribution in [0.2, 0.25) is 0 Å². The summed E-state index contributed by atoms with van der Waals surface area (Å²) in [5.74, 6) is 0.560. The lowest BCUT2D eigenvalue weighted by Crippen LogP contribution is -1.87. The SMILES string of the molecule is CC(C)c1cncc(Br)c1. The molecule has 0 aliphatic rings. The Kier molecular flexibility index (Phi) is 2.44. The Bertz CT molecular complexity index is 220. The van der Waals surface area contributed by atoms with Gasteiger partial charge < -0.3 is 0 Å². The third-order valence-electron chi connectivity index (χ3n) is 1.39. The molecule has 0 fully saturated rings. The maximum atomic E-state index is 4.06. The summed E-state index contributed by atoms with van der Waals surface area (Å²) < 4.78 is 1.05. The molecule has 2 heteroatoms. The molecule has 0 saturated heterocycles. The van der Waals surface area contributed by atoms with Gasteiger partial charge in [0.15, 0.2) is 0 Å². The van der Waals surface area contributed by atoms with Gasteiger partial charge in [-0.2, -0.15) is 0 Å². The first-order valence-corrected chi connectivity index (χ1v) is 4.10. The van der Waals surface area contributed by atoms with E-state index in [9.17, 15) is 0 Å². The Morgan fingerprint density at radius 3 is 2.50 bits per heavy atom. The molecule has 0 aromatic carbocycles. The first-order chi connectivity index (χ1) is 4.70. The monoisotopic (exact) mass is 199 g/mol. The maximum Gasteiger partial charge on any atom is 0.0410 e. The van der Waals surface area contributed by atoms with Crippen molar-refractivity contribution in [2.45, 2.75) is 19.8 Å². The summed E-state index contributed by atoms with van der Waals surface area (Å²) in [7, 11) is 0. The van der Waals surface area contributed by atoms with Crippen LogP contribution in [0.1, 0.15) is 25.3 Å². The normalized spacial score (nSPS) is 10.4. The first-order valence-electron chi connectivity index (χ1n) is 3.30. The second kappa shape index (κ2) is 3.15. The average Bonchev–Trinajstić information content (AvgIpc) is 1.88. The van der Waals surface area contributed by atoms with Crippen LogP contribution in [-0.2, 0) is 0 Å². The third kappa shape index (κ3) is 1.81. The van der Waals surface area contributed by atoms with Crippen molar-refractivity contribution in [2.24, 2.45) is 0 Å². The number of aromatic nitrogens is 1. The number of halogens is 1. The van der Waals surface area contributed by atoms with E-state index in [1.54, 1.807) is 6.20 Å². The molecule has 1 aromatic rings. The molecule has 1 rings (SSSR count). The van der Waals surface area contributed by atoms with Gasteiger partial charge in [0.2, 0.25) is 0 Å². The molecule has 0 N–H and O–H groups in total. The second-order valence-electron chi connectivity index (χ2n) is 2.59. The van der Waals surface area contributed by atoms with Crippen LogP contribution in [-0.4, -0.2) is 4.98 Å². The van der Waals surface area contributed by atoms with Crippen LogP contribution < -0.4 is 0 Å². The van der Waals surface area contributed by atoms with Crippen LogP contribution in [0.3, 0.4) is 0 Å². The molecule has 0 amide bonds. The van der Waals surface area contributed by atoms with E-state index < -0.39 is 0 Å². The molecule has 54 valence electrons. The molecule has 0 unspecified atom stereocenters. The minimum absolute atomic E-state index is 0.560. The van der Waals surface area contributed by atoms with Crippen molar-refractivity contribution < 1.29 is 0 Å². The van der Waals surface area contributed by atoms with Gasteiger partial charge >= 0.3 is 0 Å². The van der Waals surface area contributed by atoms with Crippen molar-refractivity contribution in [3.63, 3.8) is 0 Å². The van der Waals surface area contributed by atoms with Gasteiger partial charge in [-0.25, -0.2) is 0 Å². The Labute approximate surface area is 69.6 Å². The maximum absolute atomic E-state index is 4.06. The number of pyridine rings is 1. The predicted octanol–water partition coefficient (Wildman–Crippen LogP) is 2.97. The van der Waals surface area contributed by atoms with Crippen molar-refractivity contribution in [3.05, 3.63) is 28.5 Å². The number of hydrogen-bond donors (Lipinski definition) is 0. The van der Waals surface area contributed by atoms with Gasteiger partial charge in [-0.15, -0.1) is 0 Å². The molecule has 0 aliphatic carbocycles. The summed E-state index contributed by atoms with van der Waals surface area (Å²) in [4.78, 5) is 4.06. The van der Waals surface area contributed by atoms with Gasteiger partial charge in [0.25, 0.3) is 0 Å². The molecule has 0 saturated carbocycles. The Balaban J connectivity index is 2.96. The minimum Gasteiger partial charge on any atom is -0.263 e. The van der Waals surface area contributed by atoms with Crippen LogP contribution in [0.5, 0.6) is 0 Å². The van der Waals surface area contributed by atoms with Crippen molar-refractivity contribution in [1.29, 1.82) is 0 Å². The summed E-state index contributed by atoms with van der Waals surface area (Å²) in [6.45, 7) is 4.31. The predicted molar refractivity (Wildman–Crippen MR) is 46.0 cm³/mol. The van der Waals surface area contributed by atoms with Crippen LogP contribution in [0.4, 0.5) is 0 Å². The molecule has 0 spiro atoms. The zero-order valence-corrected chi connectivity index (χ0v) is 7.72. The second-order valence-corrected chi connectivity index (χ2v) is 3.51. The van der Waals surface area contributed by atoms with Crippen LogP contribution >= 0.6 is 15.9 Å². The van der Waals surface area contributed by atoms with Gasteiger partial charge in [0.1, 0.15) is 0 Å². The fraction of sp³-hybridized carbons (Fsp3) is 0.375. The van der Waals surface area contributed by atoms with Crippen LogP contribution in [0.25, 0.3) is 0 Å². The van der Waals surface area contributed by atoms with Crippen LogP contribution in [0, 0.1) is 0 Å². The number of rotatable bonds is 1. The fourth-order valence-corrected chi connectivity index (χ4v) is 1.13. The highest BCUT2D eigenvalue weighted by Crippen LogP contribution is 2.16. The van der Waals surface area contributed by atoms with E-state index in [-0.39, 0.29) is 0 Å². The highest BCUT2D eigenvalue weighted by atomic mass is 79.9. The standard InChI is InChI=1S/C8H10BrN/c1-6(2)7-3-8(9)5-10-4-7/h3-6H,1-2H3. The van der Waals surface area contributed by atoms with Gasteiger partial charge in [-0.05, 0) is 33.5 Å². The van der Waals surface area contributed by atoms with E-state index in [1.165, 1.54) is 5.56 Å². The summed E-state index contributed by atoms with van der Waals surface area (Å²) in [6.07, 6.45) is 3.70. The summed E-state index contributed by atoms with van der Waals surface area (Å²) >= 11 is 3.37. The number of hydrogen-bond acceptors (Lipinski definition) is 1. The molecule has 0 radical (unpaired) electrons. The summed E-state index contributed by atoms with van der Waals surface area (Å²) in [5, 5.41) is 0. The van der Waals surface area contributed by atoms with Crippen LogP contribution in [0.15, 0.2) is 22.9 Å². The zero-order chi connectivity index (χ0) is 7.56. The molecule has 1 aromatic heterocycles. The van der Waals surface area contributed by atoms with E-state index in [0.29, 0.717) is 5.92 Å². The topological polar surface area (TPSA) is 12.9 Å². The molecule has 1 heterocycles. The molecule has 0 bridgehead atoms. The van der Waals surface area contributed by atoms with Crippen molar-refractivity contribution in [3.8, 4) is 0 Å². The Morgan fingerprint density at radius 1 is 1.40 bits per heavy atom. The summed E-state index contributed by atoms with van der Waals surface area (Å²) in [5.41, 5.74) is 1.27. The lowest BCUT2D eigenvalue weighted by atomic mass is 10.1. The highest BCUT2D eigenvalue weighted by molar-refractivity contribution is 9.10. The number of nitrogens with zero attached hydrogens (tertiary/aromatic N) is 1. The zero-order valence-electron chi connectivity index (χ0n) is 6.13. The molecule has 0 atom stereocenters. The lowest BCUT2D eigenvalue weighted by molar-refractivity contribution is 0.857. The van der Waals surface area contributed by atoms with Crippen molar-refractivity contribution in [1.82, 2.24) is 4.98 Å². The fourth-order valence-electron chi connectivity index (χ4n) is 0.744. The lowest BCUT2D eigenvalue weighted by Gasteiger charge is -2.02. The Hall–Kier alpha value is -0.370. The van der Waals surface area contributed by atoms with E-state index in [1.807, 2.05) is 6.20 Å². The quantitative estimate of drug-likeness (QED) is 0.679. The van der Waals surface area contributed by atoms with Gasteiger partial charge in [0, 0.05) is 16.9 Å². The van der Waals surface area contributed by atoms with Crippen molar-refractivity contribution in [2.75, 3.05) is 0 Å². The smallest absolute Gasteiger partial charge is 0.0410 e. The van der Waals surface area contributed by atoms with E-state index in [0.717, 1.165) is 4.47 Å². The first kappa shape index (κ1) is 7.73.